The maximum absolute atomic E-state index is 8.60. The highest BCUT2D eigenvalue weighted by atomic mass is 16.5. The number of hydrogen-bond acceptors (Lipinski definition) is 3. The van der Waals surface area contributed by atoms with Crippen molar-refractivity contribution < 1.29 is 4.74 Å². The summed E-state index contributed by atoms with van der Waals surface area (Å²) in [5.74, 6) is 0.898. The first-order valence-corrected chi connectivity index (χ1v) is 5.01. The summed E-state index contributed by atoms with van der Waals surface area (Å²) >= 11 is 0. The zero-order valence-electron chi connectivity index (χ0n) is 8.25. The van der Waals surface area contributed by atoms with Gasteiger partial charge in [-0.05, 0) is 19.4 Å². The topological polar surface area (TPSA) is 45.0 Å². The van der Waals surface area contributed by atoms with E-state index in [4.69, 9.17) is 10.00 Å². The molecule has 1 N–H and O–H groups in total. The second-order valence-corrected chi connectivity index (χ2v) is 3.63. The summed E-state index contributed by atoms with van der Waals surface area (Å²) in [5.41, 5.74) is 0. The van der Waals surface area contributed by atoms with Crippen LogP contribution in [-0.2, 0) is 4.74 Å². The molecule has 13 heavy (non-hydrogen) atoms. The summed E-state index contributed by atoms with van der Waals surface area (Å²) in [6, 6.07) is 1.98. The van der Waals surface area contributed by atoms with Crippen molar-refractivity contribution in [3.05, 3.63) is 0 Å². The largest absolute Gasteiger partial charge is 0.379 e. The molecule has 0 amide bonds. The highest BCUT2D eigenvalue weighted by Gasteiger charge is 2.16. The van der Waals surface area contributed by atoms with Crippen molar-refractivity contribution in [2.24, 2.45) is 5.92 Å². The second kappa shape index (κ2) is 5.95. The lowest BCUT2D eigenvalue weighted by molar-refractivity contribution is 0.0994. The first kappa shape index (κ1) is 10.5. The van der Waals surface area contributed by atoms with E-state index in [1.165, 1.54) is 25.7 Å². The van der Waals surface area contributed by atoms with Crippen molar-refractivity contribution in [1.82, 2.24) is 5.32 Å². The van der Waals surface area contributed by atoms with Gasteiger partial charge in [-0.3, -0.25) is 0 Å². The van der Waals surface area contributed by atoms with Crippen LogP contribution in [0.2, 0.25) is 0 Å². The molecule has 0 aromatic carbocycles. The molecule has 0 saturated heterocycles. The minimum atomic E-state index is -0.151. The fourth-order valence-electron chi connectivity index (χ4n) is 1.42. The number of ether oxygens (including phenoxy) is 1. The number of likely N-dealkylation sites (N-methyl/N-ethyl adjacent to an activating group) is 1. The molecule has 1 unspecified atom stereocenters. The third kappa shape index (κ3) is 3.75. The van der Waals surface area contributed by atoms with E-state index in [1.54, 1.807) is 7.05 Å². The van der Waals surface area contributed by atoms with Crippen LogP contribution in [0.1, 0.15) is 25.7 Å². The molecule has 1 fully saturated rings. The first-order chi connectivity index (χ1) is 6.36. The Balaban J connectivity index is 1.90. The molecule has 3 nitrogen and oxygen atoms in total. The van der Waals surface area contributed by atoms with Crippen molar-refractivity contribution in [2.45, 2.75) is 31.7 Å². The van der Waals surface area contributed by atoms with Gasteiger partial charge in [0.1, 0.15) is 6.04 Å². The van der Waals surface area contributed by atoms with E-state index >= 15 is 0 Å². The predicted molar refractivity (Wildman–Crippen MR) is 51.2 cm³/mol. The molecule has 3 heteroatoms. The van der Waals surface area contributed by atoms with E-state index in [-0.39, 0.29) is 6.04 Å². The second-order valence-electron chi connectivity index (χ2n) is 3.63. The zero-order valence-corrected chi connectivity index (χ0v) is 8.25. The van der Waals surface area contributed by atoms with E-state index in [1.807, 2.05) is 0 Å². The third-order valence-electron chi connectivity index (χ3n) is 2.68. The van der Waals surface area contributed by atoms with Crippen LogP contribution in [0.25, 0.3) is 0 Å². The van der Waals surface area contributed by atoms with Gasteiger partial charge >= 0.3 is 0 Å². The van der Waals surface area contributed by atoms with Crippen molar-refractivity contribution in [2.75, 3.05) is 20.3 Å². The average Bonchev–Trinajstić information content (AvgIpc) is 2.08. The molecule has 1 aliphatic rings. The Bertz CT molecular complexity index is 172. The Morgan fingerprint density at radius 2 is 2.38 bits per heavy atom. The van der Waals surface area contributed by atoms with Gasteiger partial charge in [0.05, 0.1) is 12.7 Å². The molecule has 1 atom stereocenters. The monoisotopic (exact) mass is 182 g/mol. The third-order valence-corrected chi connectivity index (χ3v) is 2.68. The molecule has 1 saturated carbocycles. The zero-order chi connectivity index (χ0) is 9.52. The van der Waals surface area contributed by atoms with Gasteiger partial charge in [0.2, 0.25) is 0 Å². The minimum absolute atomic E-state index is 0.151. The van der Waals surface area contributed by atoms with Crippen LogP contribution in [0.4, 0.5) is 0 Å². The van der Waals surface area contributed by atoms with Crippen LogP contribution < -0.4 is 5.32 Å². The van der Waals surface area contributed by atoms with Gasteiger partial charge in [0.15, 0.2) is 0 Å². The lowest BCUT2D eigenvalue weighted by Crippen LogP contribution is -2.29. The average molecular weight is 182 g/mol. The number of rotatable bonds is 6. The van der Waals surface area contributed by atoms with Gasteiger partial charge in [-0.25, -0.2) is 0 Å². The molecule has 0 radical (unpaired) electrons. The normalized spacial score (nSPS) is 19.1. The lowest BCUT2D eigenvalue weighted by atomic mass is 9.83. The van der Waals surface area contributed by atoms with Gasteiger partial charge < -0.3 is 10.1 Å². The molecule has 1 rings (SSSR count). The van der Waals surface area contributed by atoms with E-state index in [9.17, 15) is 0 Å². The summed E-state index contributed by atoms with van der Waals surface area (Å²) in [6.45, 7) is 1.32. The SMILES string of the molecule is CNC(C#N)COCCC1CCC1. The fraction of sp³-hybridized carbons (Fsp3) is 0.900. The van der Waals surface area contributed by atoms with E-state index in [0.717, 1.165) is 12.5 Å². The van der Waals surface area contributed by atoms with Gasteiger partial charge in [-0.1, -0.05) is 19.3 Å². The maximum Gasteiger partial charge on any atom is 0.119 e. The van der Waals surface area contributed by atoms with Crippen LogP contribution >= 0.6 is 0 Å². The Morgan fingerprint density at radius 1 is 1.62 bits per heavy atom. The molecule has 0 spiro atoms. The highest BCUT2D eigenvalue weighted by molar-refractivity contribution is 4.88. The molecule has 0 aromatic heterocycles. The first-order valence-electron chi connectivity index (χ1n) is 5.01. The molecule has 0 aromatic rings. The van der Waals surface area contributed by atoms with Crippen LogP contribution in [0.15, 0.2) is 0 Å². The van der Waals surface area contributed by atoms with Gasteiger partial charge in [-0.15, -0.1) is 0 Å². The highest BCUT2D eigenvalue weighted by Crippen LogP contribution is 2.28. The quantitative estimate of drug-likeness (QED) is 0.630. The maximum atomic E-state index is 8.60. The minimum Gasteiger partial charge on any atom is -0.379 e. The van der Waals surface area contributed by atoms with Gasteiger partial charge in [-0.2, -0.15) is 5.26 Å². The molecular formula is C10H18N2O. The summed E-state index contributed by atoms with van der Waals surface area (Å²) < 4.78 is 5.40. The molecule has 0 aliphatic heterocycles. The smallest absolute Gasteiger partial charge is 0.119 e. The van der Waals surface area contributed by atoms with Crippen molar-refractivity contribution in [3.8, 4) is 6.07 Å². The van der Waals surface area contributed by atoms with Crippen LogP contribution in [-0.4, -0.2) is 26.3 Å². The fourth-order valence-corrected chi connectivity index (χ4v) is 1.42. The van der Waals surface area contributed by atoms with Crippen molar-refractivity contribution in [1.29, 1.82) is 5.26 Å². The molecule has 0 bridgehead atoms. The Morgan fingerprint density at radius 3 is 2.85 bits per heavy atom. The van der Waals surface area contributed by atoms with Crippen LogP contribution in [0.3, 0.4) is 0 Å². The molecule has 74 valence electrons. The number of nitriles is 1. The Hall–Kier alpha value is -0.590. The summed E-state index contributed by atoms with van der Waals surface area (Å²) in [7, 11) is 1.78. The van der Waals surface area contributed by atoms with Crippen molar-refractivity contribution >= 4 is 0 Å². The summed E-state index contributed by atoms with van der Waals surface area (Å²) in [6.07, 6.45) is 5.30. The lowest BCUT2D eigenvalue weighted by Gasteiger charge is -2.25. The molecular weight excluding hydrogens is 164 g/mol. The number of hydrogen-bond donors (Lipinski definition) is 1. The van der Waals surface area contributed by atoms with Gasteiger partial charge in [0.25, 0.3) is 0 Å². The predicted octanol–water partition coefficient (Wildman–Crippen LogP) is 1.30. The van der Waals surface area contributed by atoms with E-state index < -0.39 is 0 Å². The van der Waals surface area contributed by atoms with Crippen LogP contribution in [0, 0.1) is 17.2 Å². The standard InChI is InChI=1S/C10H18N2O/c1-12-10(7-11)8-13-6-5-9-3-2-4-9/h9-10,12H,2-6,8H2,1H3. The Kier molecular flexibility index (Phi) is 4.81. The summed E-state index contributed by atoms with van der Waals surface area (Å²) in [4.78, 5) is 0. The number of nitrogens with zero attached hydrogens (tertiary/aromatic N) is 1. The van der Waals surface area contributed by atoms with Crippen molar-refractivity contribution in [3.63, 3.8) is 0 Å². The van der Waals surface area contributed by atoms with E-state index in [0.29, 0.717) is 6.61 Å². The van der Waals surface area contributed by atoms with Gasteiger partial charge in [0, 0.05) is 6.61 Å². The summed E-state index contributed by atoms with van der Waals surface area (Å²) in [5, 5.41) is 11.5. The molecule has 1 aliphatic carbocycles. The van der Waals surface area contributed by atoms with E-state index in [2.05, 4.69) is 11.4 Å². The Labute approximate surface area is 80.1 Å². The number of nitrogens with one attached hydrogen (secondary N) is 1. The van der Waals surface area contributed by atoms with Crippen LogP contribution in [0.5, 0.6) is 0 Å². The molecule has 0 heterocycles.